The van der Waals surface area contributed by atoms with E-state index in [1.165, 1.54) is 12.1 Å². The minimum absolute atomic E-state index is 0.0278. The molecule has 0 amide bonds. The van der Waals surface area contributed by atoms with Gasteiger partial charge in [0.05, 0.1) is 5.56 Å². The largest absolute Gasteiger partial charge is 0.288 e. The van der Waals surface area contributed by atoms with Crippen LogP contribution in [0.25, 0.3) is 11.1 Å². The smallest absolute Gasteiger partial charge is 0.196 e. The first-order chi connectivity index (χ1) is 11.6. The molecule has 0 saturated heterocycles. The van der Waals surface area contributed by atoms with E-state index in [0.717, 1.165) is 11.1 Å². The summed E-state index contributed by atoms with van der Waals surface area (Å²) in [6.07, 6.45) is 0. The summed E-state index contributed by atoms with van der Waals surface area (Å²) in [4.78, 5) is 13.1. The molecular weight excluding hydrogens is 343 g/mol. The summed E-state index contributed by atoms with van der Waals surface area (Å²) < 4.78 is 14.1. The Bertz CT molecular complexity index is 893. The van der Waals surface area contributed by atoms with Crippen molar-refractivity contribution in [2.45, 2.75) is 5.75 Å². The standard InChI is InChI=1S/C20H14ClFOS/c21-17-11-10-14(13-6-2-1-3-7-13)19(16(17)12-24)20(23)15-8-4-5-9-18(15)22/h1-11,24H,12H2. The zero-order valence-electron chi connectivity index (χ0n) is 12.7. The lowest BCUT2D eigenvalue weighted by molar-refractivity contribution is 0.103. The Morgan fingerprint density at radius 1 is 0.958 bits per heavy atom. The summed E-state index contributed by atoms with van der Waals surface area (Å²) in [7, 11) is 0. The minimum atomic E-state index is -0.549. The summed E-state index contributed by atoms with van der Waals surface area (Å²) in [5.74, 6) is -0.653. The van der Waals surface area contributed by atoms with Gasteiger partial charge in [0.2, 0.25) is 0 Å². The quantitative estimate of drug-likeness (QED) is 0.461. The topological polar surface area (TPSA) is 17.1 Å². The number of thiol groups is 1. The van der Waals surface area contributed by atoms with Crippen molar-refractivity contribution in [2.24, 2.45) is 0 Å². The minimum Gasteiger partial charge on any atom is -0.288 e. The summed E-state index contributed by atoms with van der Waals surface area (Å²) in [6, 6.07) is 19.0. The molecule has 0 N–H and O–H groups in total. The first-order valence-corrected chi connectivity index (χ1v) is 8.41. The normalized spacial score (nSPS) is 10.6. The van der Waals surface area contributed by atoms with Gasteiger partial charge in [-0.25, -0.2) is 4.39 Å². The van der Waals surface area contributed by atoms with E-state index in [1.807, 2.05) is 30.3 Å². The summed E-state index contributed by atoms with van der Waals surface area (Å²) >= 11 is 10.6. The number of ketones is 1. The molecule has 0 aliphatic carbocycles. The number of carbonyl (C=O) groups is 1. The highest BCUT2D eigenvalue weighted by Crippen LogP contribution is 2.34. The fourth-order valence-electron chi connectivity index (χ4n) is 2.67. The predicted molar refractivity (Wildman–Crippen MR) is 99.4 cm³/mol. The molecular formula is C20H14ClFOS. The van der Waals surface area contributed by atoms with Crippen LogP contribution in [0.5, 0.6) is 0 Å². The van der Waals surface area contributed by atoms with Gasteiger partial charge in [-0.15, -0.1) is 0 Å². The molecule has 3 rings (SSSR count). The molecule has 0 aliphatic rings. The van der Waals surface area contributed by atoms with Crippen molar-refractivity contribution >= 4 is 30.0 Å². The van der Waals surface area contributed by atoms with Crippen LogP contribution in [0.1, 0.15) is 21.5 Å². The number of benzene rings is 3. The summed E-state index contributed by atoms with van der Waals surface area (Å²) in [5, 5.41) is 0.448. The molecule has 0 atom stereocenters. The molecule has 0 unspecified atom stereocenters. The molecule has 24 heavy (non-hydrogen) atoms. The van der Waals surface area contributed by atoms with Gasteiger partial charge in [0, 0.05) is 16.3 Å². The molecule has 3 aromatic rings. The molecule has 120 valence electrons. The summed E-state index contributed by atoms with van der Waals surface area (Å²) in [6.45, 7) is 0. The molecule has 4 heteroatoms. The second-order valence-electron chi connectivity index (χ2n) is 5.28. The van der Waals surface area contributed by atoms with E-state index in [0.29, 0.717) is 16.1 Å². The van der Waals surface area contributed by atoms with E-state index in [2.05, 4.69) is 12.6 Å². The van der Waals surface area contributed by atoms with Crippen molar-refractivity contribution < 1.29 is 9.18 Å². The maximum Gasteiger partial charge on any atom is 0.196 e. The van der Waals surface area contributed by atoms with Gasteiger partial charge in [-0.2, -0.15) is 12.6 Å². The zero-order chi connectivity index (χ0) is 17.1. The number of carbonyl (C=O) groups excluding carboxylic acids is 1. The highest BCUT2D eigenvalue weighted by Gasteiger charge is 2.22. The Hall–Kier alpha value is -2.10. The fraction of sp³-hybridized carbons (Fsp3) is 0.0500. The van der Waals surface area contributed by atoms with Crippen LogP contribution < -0.4 is 0 Å². The molecule has 0 heterocycles. The molecule has 0 bridgehead atoms. The molecule has 0 spiro atoms. The van der Waals surface area contributed by atoms with E-state index >= 15 is 0 Å². The van der Waals surface area contributed by atoms with Crippen LogP contribution >= 0.6 is 24.2 Å². The van der Waals surface area contributed by atoms with Gasteiger partial charge >= 0.3 is 0 Å². The van der Waals surface area contributed by atoms with Gasteiger partial charge in [-0.1, -0.05) is 60.1 Å². The molecule has 0 saturated carbocycles. The van der Waals surface area contributed by atoms with Crippen LogP contribution in [0, 0.1) is 5.82 Å². The van der Waals surface area contributed by atoms with E-state index in [9.17, 15) is 9.18 Å². The van der Waals surface area contributed by atoms with Crippen LogP contribution in [0.15, 0.2) is 66.7 Å². The monoisotopic (exact) mass is 356 g/mol. The van der Waals surface area contributed by atoms with Crippen molar-refractivity contribution in [3.05, 3.63) is 94.3 Å². The second-order valence-corrected chi connectivity index (χ2v) is 6.01. The van der Waals surface area contributed by atoms with E-state index in [-0.39, 0.29) is 11.3 Å². The highest BCUT2D eigenvalue weighted by molar-refractivity contribution is 7.79. The van der Waals surface area contributed by atoms with Crippen molar-refractivity contribution in [3.63, 3.8) is 0 Å². The van der Waals surface area contributed by atoms with Crippen LogP contribution in [0.4, 0.5) is 4.39 Å². The molecule has 1 nitrogen and oxygen atoms in total. The van der Waals surface area contributed by atoms with Crippen molar-refractivity contribution in [2.75, 3.05) is 0 Å². The first-order valence-electron chi connectivity index (χ1n) is 7.40. The van der Waals surface area contributed by atoms with Crippen molar-refractivity contribution in [3.8, 4) is 11.1 Å². The molecule has 0 radical (unpaired) electrons. The number of hydrogen-bond acceptors (Lipinski definition) is 2. The van der Waals surface area contributed by atoms with Gasteiger partial charge in [0.15, 0.2) is 5.78 Å². The molecule has 0 aliphatic heterocycles. The third-order valence-electron chi connectivity index (χ3n) is 3.84. The van der Waals surface area contributed by atoms with E-state index < -0.39 is 11.6 Å². The van der Waals surface area contributed by atoms with Crippen LogP contribution in [-0.4, -0.2) is 5.78 Å². The number of halogens is 2. The van der Waals surface area contributed by atoms with Crippen LogP contribution in [0.3, 0.4) is 0 Å². The fourth-order valence-corrected chi connectivity index (χ4v) is 3.32. The molecule has 0 fully saturated rings. The Labute approximate surface area is 150 Å². The van der Waals surface area contributed by atoms with Crippen LogP contribution in [0.2, 0.25) is 5.02 Å². The zero-order valence-corrected chi connectivity index (χ0v) is 14.3. The van der Waals surface area contributed by atoms with Gasteiger partial charge in [0.25, 0.3) is 0 Å². The third-order valence-corrected chi connectivity index (χ3v) is 4.51. The first kappa shape index (κ1) is 16.7. The van der Waals surface area contributed by atoms with E-state index in [4.69, 9.17) is 11.6 Å². The van der Waals surface area contributed by atoms with Gasteiger partial charge in [0.1, 0.15) is 5.82 Å². The maximum absolute atomic E-state index is 14.1. The average molecular weight is 357 g/mol. The third kappa shape index (κ3) is 3.10. The molecule has 3 aromatic carbocycles. The maximum atomic E-state index is 14.1. The lowest BCUT2D eigenvalue weighted by Crippen LogP contribution is -2.09. The number of hydrogen-bond donors (Lipinski definition) is 1. The Morgan fingerprint density at radius 2 is 1.62 bits per heavy atom. The summed E-state index contributed by atoms with van der Waals surface area (Å²) in [5.41, 5.74) is 2.62. The van der Waals surface area contributed by atoms with Crippen molar-refractivity contribution in [1.82, 2.24) is 0 Å². The second kappa shape index (κ2) is 7.20. The van der Waals surface area contributed by atoms with E-state index in [1.54, 1.807) is 24.3 Å². The lowest BCUT2D eigenvalue weighted by atomic mass is 9.90. The molecule has 0 aromatic heterocycles. The van der Waals surface area contributed by atoms with Crippen LogP contribution in [-0.2, 0) is 5.75 Å². The Morgan fingerprint density at radius 3 is 2.29 bits per heavy atom. The number of rotatable bonds is 4. The van der Waals surface area contributed by atoms with Crippen molar-refractivity contribution in [1.29, 1.82) is 0 Å². The Kier molecular flexibility index (Phi) is 5.03. The lowest BCUT2D eigenvalue weighted by Gasteiger charge is -2.15. The average Bonchev–Trinajstić information content (AvgIpc) is 2.62. The Balaban J connectivity index is 2.27. The SMILES string of the molecule is O=C(c1ccccc1F)c1c(-c2ccccc2)ccc(Cl)c1CS. The van der Waals surface area contributed by atoms with Gasteiger partial charge in [-0.05, 0) is 34.9 Å². The van der Waals surface area contributed by atoms with Gasteiger partial charge in [-0.3, -0.25) is 4.79 Å². The van der Waals surface area contributed by atoms with Gasteiger partial charge < -0.3 is 0 Å². The highest BCUT2D eigenvalue weighted by atomic mass is 35.5. The predicted octanol–water partition coefficient (Wildman–Crippen LogP) is 5.81.